The second-order valence-electron chi connectivity index (χ2n) is 3.98. The second-order valence-corrected chi connectivity index (χ2v) is 4.90. The Labute approximate surface area is 116 Å². The molecule has 0 saturated carbocycles. The van der Waals surface area contributed by atoms with E-state index in [0.717, 1.165) is 16.7 Å². The molecule has 18 heavy (non-hydrogen) atoms. The van der Waals surface area contributed by atoms with Crippen LogP contribution in [0.25, 0.3) is 0 Å². The Morgan fingerprint density at radius 3 is 2.56 bits per heavy atom. The fourth-order valence-electron chi connectivity index (χ4n) is 1.82. The summed E-state index contributed by atoms with van der Waals surface area (Å²) in [6.45, 7) is 1.37. The number of nitrogens with zero attached hydrogens (tertiary/aromatic N) is 1. The zero-order valence-electron chi connectivity index (χ0n) is 10.0. The topological polar surface area (TPSA) is 50.9 Å². The highest BCUT2D eigenvalue weighted by Crippen LogP contribution is 2.21. The Kier molecular flexibility index (Phi) is 4.87. The van der Waals surface area contributed by atoms with Crippen LogP contribution in [-0.4, -0.2) is 18.1 Å². The molecule has 0 saturated heterocycles. The summed E-state index contributed by atoms with van der Waals surface area (Å²) in [4.78, 5) is 4.42. The molecule has 0 spiro atoms. The van der Waals surface area contributed by atoms with E-state index in [-0.39, 0.29) is 6.04 Å². The molecule has 2 rings (SSSR count). The van der Waals surface area contributed by atoms with Gasteiger partial charge < -0.3 is 11.1 Å². The zero-order valence-corrected chi connectivity index (χ0v) is 11.6. The maximum Gasteiger partial charge on any atom is 0.0751 e. The standard InChI is InChI=1S/C14H16BrN3/c15-12-6-4-11(5-7-12)14(18-10-8-16)13-3-1-2-9-17-13/h1-7,9,14,18H,8,10,16H2/t14-/m0/s1. The third-order valence-electron chi connectivity index (χ3n) is 2.68. The lowest BCUT2D eigenvalue weighted by atomic mass is 10.0. The largest absolute Gasteiger partial charge is 0.329 e. The predicted molar refractivity (Wildman–Crippen MR) is 77.3 cm³/mol. The highest BCUT2D eigenvalue weighted by atomic mass is 79.9. The van der Waals surface area contributed by atoms with Gasteiger partial charge in [-0.15, -0.1) is 0 Å². The van der Waals surface area contributed by atoms with Crippen molar-refractivity contribution in [2.75, 3.05) is 13.1 Å². The van der Waals surface area contributed by atoms with Crippen LogP contribution in [0.15, 0.2) is 53.1 Å². The van der Waals surface area contributed by atoms with Gasteiger partial charge in [-0.1, -0.05) is 34.1 Å². The van der Waals surface area contributed by atoms with Crippen LogP contribution in [0.1, 0.15) is 17.3 Å². The maximum absolute atomic E-state index is 5.57. The van der Waals surface area contributed by atoms with Crippen molar-refractivity contribution in [3.8, 4) is 0 Å². The summed E-state index contributed by atoms with van der Waals surface area (Å²) >= 11 is 3.45. The number of aromatic nitrogens is 1. The lowest BCUT2D eigenvalue weighted by Crippen LogP contribution is -2.28. The first kappa shape index (κ1) is 13.2. The quantitative estimate of drug-likeness (QED) is 0.892. The highest BCUT2D eigenvalue weighted by molar-refractivity contribution is 9.10. The zero-order chi connectivity index (χ0) is 12.8. The van der Waals surface area contributed by atoms with Gasteiger partial charge in [0.05, 0.1) is 11.7 Å². The van der Waals surface area contributed by atoms with Crippen LogP contribution in [0.4, 0.5) is 0 Å². The van der Waals surface area contributed by atoms with Gasteiger partial charge in [0.15, 0.2) is 0 Å². The average Bonchev–Trinajstić information content (AvgIpc) is 2.42. The summed E-state index contributed by atoms with van der Waals surface area (Å²) in [5.74, 6) is 0. The van der Waals surface area contributed by atoms with Crippen LogP contribution in [-0.2, 0) is 0 Å². The van der Waals surface area contributed by atoms with E-state index < -0.39 is 0 Å². The van der Waals surface area contributed by atoms with E-state index in [1.165, 1.54) is 5.56 Å². The summed E-state index contributed by atoms with van der Waals surface area (Å²) in [6.07, 6.45) is 1.81. The van der Waals surface area contributed by atoms with Crippen molar-refractivity contribution in [2.45, 2.75) is 6.04 Å². The van der Waals surface area contributed by atoms with Gasteiger partial charge in [0.25, 0.3) is 0 Å². The van der Waals surface area contributed by atoms with E-state index in [0.29, 0.717) is 6.54 Å². The molecule has 4 heteroatoms. The van der Waals surface area contributed by atoms with Crippen molar-refractivity contribution in [2.24, 2.45) is 5.73 Å². The van der Waals surface area contributed by atoms with Crippen molar-refractivity contribution in [3.05, 3.63) is 64.4 Å². The molecule has 0 aliphatic heterocycles. The SMILES string of the molecule is NCCN[C@@H](c1ccc(Br)cc1)c1ccccn1. The molecule has 0 fully saturated rings. The molecule has 0 aliphatic rings. The van der Waals surface area contributed by atoms with Crippen LogP contribution < -0.4 is 11.1 Å². The molecule has 0 amide bonds. The number of halogens is 1. The Balaban J connectivity index is 2.27. The van der Waals surface area contributed by atoms with E-state index in [1.807, 2.05) is 36.5 Å². The normalized spacial score (nSPS) is 12.3. The molecular weight excluding hydrogens is 290 g/mol. The molecule has 0 radical (unpaired) electrons. The van der Waals surface area contributed by atoms with Crippen LogP contribution in [0.5, 0.6) is 0 Å². The Hall–Kier alpha value is -1.23. The third-order valence-corrected chi connectivity index (χ3v) is 3.21. The van der Waals surface area contributed by atoms with Crippen LogP contribution in [0.2, 0.25) is 0 Å². The number of hydrogen-bond acceptors (Lipinski definition) is 3. The first-order valence-electron chi connectivity index (χ1n) is 5.91. The molecule has 3 N–H and O–H groups in total. The van der Waals surface area contributed by atoms with E-state index in [9.17, 15) is 0 Å². The third kappa shape index (κ3) is 3.38. The Bertz CT molecular complexity index is 470. The van der Waals surface area contributed by atoms with Gasteiger partial charge >= 0.3 is 0 Å². The number of pyridine rings is 1. The molecule has 1 heterocycles. The van der Waals surface area contributed by atoms with Gasteiger partial charge in [-0.3, -0.25) is 4.98 Å². The van der Waals surface area contributed by atoms with Crippen molar-refractivity contribution in [3.63, 3.8) is 0 Å². The van der Waals surface area contributed by atoms with Gasteiger partial charge in [0, 0.05) is 23.8 Å². The fraction of sp³-hybridized carbons (Fsp3) is 0.214. The summed E-state index contributed by atoms with van der Waals surface area (Å²) in [5, 5.41) is 3.42. The minimum absolute atomic E-state index is 0.0860. The maximum atomic E-state index is 5.57. The molecule has 1 aromatic heterocycles. The van der Waals surface area contributed by atoms with Crippen LogP contribution in [0.3, 0.4) is 0 Å². The number of rotatable bonds is 5. The van der Waals surface area contributed by atoms with Crippen LogP contribution >= 0.6 is 15.9 Å². The number of benzene rings is 1. The average molecular weight is 306 g/mol. The molecule has 1 atom stereocenters. The van der Waals surface area contributed by atoms with Crippen molar-refractivity contribution >= 4 is 15.9 Å². The van der Waals surface area contributed by atoms with Crippen molar-refractivity contribution in [1.82, 2.24) is 10.3 Å². The van der Waals surface area contributed by atoms with Gasteiger partial charge in [-0.05, 0) is 29.8 Å². The summed E-state index contributed by atoms with van der Waals surface area (Å²) < 4.78 is 1.07. The van der Waals surface area contributed by atoms with E-state index >= 15 is 0 Å². The first-order valence-corrected chi connectivity index (χ1v) is 6.70. The van der Waals surface area contributed by atoms with Crippen molar-refractivity contribution in [1.29, 1.82) is 0 Å². The summed E-state index contributed by atoms with van der Waals surface area (Å²) in [5.41, 5.74) is 7.76. The molecule has 0 bridgehead atoms. The molecule has 0 aliphatic carbocycles. The van der Waals surface area contributed by atoms with Gasteiger partial charge in [-0.25, -0.2) is 0 Å². The molecule has 1 aromatic carbocycles. The van der Waals surface area contributed by atoms with Crippen LogP contribution in [0, 0.1) is 0 Å². The van der Waals surface area contributed by atoms with Gasteiger partial charge in [0.1, 0.15) is 0 Å². The number of hydrogen-bond donors (Lipinski definition) is 2. The minimum atomic E-state index is 0.0860. The smallest absolute Gasteiger partial charge is 0.0751 e. The summed E-state index contributed by atoms with van der Waals surface area (Å²) in [6, 6.07) is 14.3. The molecule has 0 unspecified atom stereocenters. The predicted octanol–water partition coefficient (Wildman–Crippen LogP) is 2.48. The highest BCUT2D eigenvalue weighted by Gasteiger charge is 2.13. The Morgan fingerprint density at radius 2 is 1.94 bits per heavy atom. The molecule has 2 aromatic rings. The summed E-state index contributed by atoms with van der Waals surface area (Å²) in [7, 11) is 0. The lowest BCUT2D eigenvalue weighted by Gasteiger charge is -2.18. The lowest BCUT2D eigenvalue weighted by molar-refractivity contribution is 0.598. The van der Waals surface area contributed by atoms with Gasteiger partial charge in [0.2, 0.25) is 0 Å². The molecule has 94 valence electrons. The van der Waals surface area contributed by atoms with E-state index in [2.05, 4.69) is 38.4 Å². The Morgan fingerprint density at radius 1 is 1.17 bits per heavy atom. The molecular formula is C14H16BrN3. The van der Waals surface area contributed by atoms with Gasteiger partial charge in [-0.2, -0.15) is 0 Å². The van der Waals surface area contributed by atoms with Crippen molar-refractivity contribution < 1.29 is 0 Å². The fourth-order valence-corrected chi connectivity index (χ4v) is 2.09. The second kappa shape index (κ2) is 6.64. The number of nitrogens with one attached hydrogen (secondary N) is 1. The number of nitrogens with two attached hydrogens (primary N) is 1. The van der Waals surface area contributed by atoms with E-state index in [4.69, 9.17) is 5.73 Å². The monoisotopic (exact) mass is 305 g/mol. The first-order chi connectivity index (χ1) is 8.81. The van der Waals surface area contributed by atoms with E-state index in [1.54, 1.807) is 0 Å². The minimum Gasteiger partial charge on any atom is -0.329 e. The molecule has 3 nitrogen and oxygen atoms in total.